The summed E-state index contributed by atoms with van der Waals surface area (Å²) in [5.41, 5.74) is 3.37. The molecule has 0 aliphatic carbocycles. The van der Waals surface area contributed by atoms with Gasteiger partial charge in [0.1, 0.15) is 0 Å². The molecule has 32 heavy (non-hydrogen) atoms. The first-order valence-corrected chi connectivity index (χ1v) is 12.6. The highest BCUT2D eigenvalue weighted by molar-refractivity contribution is 7.89. The van der Waals surface area contributed by atoms with Crippen LogP contribution in [0, 0.1) is 5.92 Å². The van der Waals surface area contributed by atoms with Crippen LogP contribution in [0.2, 0.25) is 0 Å². The lowest BCUT2D eigenvalue weighted by atomic mass is 9.95. The number of hydrogen-bond donors (Lipinski definition) is 0. The third-order valence-corrected chi connectivity index (χ3v) is 8.16. The minimum atomic E-state index is -3.70. The Morgan fingerprint density at radius 3 is 2.31 bits per heavy atom. The maximum absolute atomic E-state index is 13.0. The van der Waals surface area contributed by atoms with Crippen LogP contribution in [0.4, 0.5) is 5.69 Å². The van der Waals surface area contributed by atoms with Crippen molar-refractivity contribution in [2.75, 3.05) is 44.2 Å². The van der Waals surface area contributed by atoms with Gasteiger partial charge in [0.05, 0.1) is 11.4 Å². The Labute approximate surface area is 194 Å². The normalized spacial score (nSPS) is 19.1. The second kappa shape index (κ2) is 10.0. The minimum Gasteiger partial charge on any atom is -0.371 e. The van der Waals surface area contributed by atoms with E-state index in [-0.39, 0.29) is 17.3 Å². The molecule has 0 unspecified atom stereocenters. The van der Waals surface area contributed by atoms with Gasteiger partial charge in [-0.3, -0.25) is 9.78 Å². The third-order valence-electron chi connectivity index (χ3n) is 6.18. The largest absolute Gasteiger partial charge is 0.371 e. The second-order valence-electron chi connectivity index (χ2n) is 8.18. The molecule has 1 aromatic heterocycles. The van der Waals surface area contributed by atoms with Crippen molar-refractivity contribution >= 4 is 39.3 Å². The maximum Gasteiger partial charge on any atom is 0.243 e. The molecular weight excluding hydrogens is 448 g/mol. The number of carbonyl (C=O) groups is 1. The zero-order valence-electron chi connectivity index (χ0n) is 17.8. The monoisotopic (exact) mass is 474 g/mol. The Morgan fingerprint density at radius 1 is 1.00 bits per heavy atom. The SMILES string of the molecule is O=C1CN(S(=O)(=O)c2ccc(/C=C/Cl)cc2)CCN1CC1CCN(c2ccncc2)CC1. The molecule has 1 aromatic carbocycles. The number of aromatic nitrogens is 1. The zero-order chi connectivity index (χ0) is 22.6. The highest BCUT2D eigenvalue weighted by Gasteiger charge is 2.34. The number of piperidine rings is 1. The van der Waals surface area contributed by atoms with Crippen molar-refractivity contribution in [3.05, 3.63) is 59.9 Å². The first-order chi connectivity index (χ1) is 15.5. The summed E-state index contributed by atoms with van der Waals surface area (Å²) in [5.74, 6) is 0.306. The highest BCUT2D eigenvalue weighted by atomic mass is 35.5. The van der Waals surface area contributed by atoms with Gasteiger partial charge in [-0.25, -0.2) is 8.42 Å². The summed E-state index contributed by atoms with van der Waals surface area (Å²) in [6, 6.07) is 10.5. The van der Waals surface area contributed by atoms with Crippen LogP contribution in [-0.2, 0) is 14.8 Å². The smallest absolute Gasteiger partial charge is 0.243 e. The molecule has 3 heterocycles. The quantitative estimate of drug-likeness (QED) is 0.643. The van der Waals surface area contributed by atoms with Gasteiger partial charge in [0.2, 0.25) is 15.9 Å². The van der Waals surface area contributed by atoms with Gasteiger partial charge in [-0.2, -0.15) is 4.31 Å². The molecule has 0 N–H and O–H groups in total. The van der Waals surface area contributed by atoms with Crippen LogP contribution >= 0.6 is 11.6 Å². The molecule has 0 bridgehead atoms. The fourth-order valence-corrected chi connectivity index (χ4v) is 5.82. The molecule has 2 saturated heterocycles. The molecule has 170 valence electrons. The van der Waals surface area contributed by atoms with Gasteiger partial charge in [-0.15, -0.1) is 0 Å². The lowest BCUT2D eigenvalue weighted by molar-refractivity contribution is -0.134. The fourth-order valence-electron chi connectivity index (χ4n) is 4.30. The second-order valence-corrected chi connectivity index (χ2v) is 10.4. The Kier molecular flexibility index (Phi) is 7.13. The number of amides is 1. The van der Waals surface area contributed by atoms with Crippen molar-refractivity contribution in [1.82, 2.24) is 14.2 Å². The summed E-state index contributed by atoms with van der Waals surface area (Å²) >= 11 is 5.57. The van der Waals surface area contributed by atoms with Crippen molar-refractivity contribution < 1.29 is 13.2 Å². The summed E-state index contributed by atoms with van der Waals surface area (Å²) < 4.78 is 27.2. The van der Waals surface area contributed by atoms with E-state index in [9.17, 15) is 13.2 Å². The average molecular weight is 475 g/mol. The molecule has 2 aliphatic heterocycles. The molecule has 2 aliphatic rings. The summed E-state index contributed by atoms with van der Waals surface area (Å²) in [6.07, 6.45) is 7.31. The van der Waals surface area contributed by atoms with Gasteiger partial charge >= 0.3 is 0 Å². The lowest BCUT2D eigenvalue weighted by Gasteiger charge is -2.38. The standard InChI is InChI=1S/C23H27ClN4O3S/c24-10-5-19-1-3-22(4-2-19)32(30,31)28-16-15-27(23(29)18-28)17-20-8-13-26(14-9-20)21-6-11-25-12-7-21/h1-7,10-12,20H,8-9,13-18H2/b10-5+. The summed E-state index contributed by atoms with van der Waals surface area (Å²) in [6.45, 7) is 3.22. The van der Waals surface area contributed by atoms with Crippen molar-refractivity contribution in [2.24, 2.45) is 5.92 Å². The molecular formula is C23H27ClN4O3S. The molecule has 1 amide bonds. The molecule has 2 aromatic rings. The third kappa shape index (κ3) is 5.14. The van der Waals surface area contributed by atoms with E-state index in [2.05, 4.69) is 9.88 Å². The molecule has 9 heteroatoms. The van der Waals surface area contributed by atoms with Crippen LogP contribution in [0.5, 0.6) is 0 Å². The van der Waals surface area contributed by atoms with Crippen molar-refractivity contribution in [1.29, 1.82) is 0 Å². The van der Waals surface area contributed by atoms with Gasteiger partial charge in [-0.1, -0.05) is 23.7 Å². The van der Waals surface area contributed by atoms with E-state index in [0.717, 1.165) is 31.5 Å². The number of piperazine rings is 1. The highest BCUT2D eigenvalue weighted by Crippen LogP contribution is 2.25. The molecule has 0 spiro atoms. The lowest BCUT2D eigenvalue weighted by Crippen LogP contribution is -2.53. The van der Waals surface area contributed by atoms with E-state index < -0.39 is 10.0 Å². The number of sulfonamides is 1. The van der Waals surface area contributed by atoms with Crippen LogP contribution in [0.1, 0.15) is 18.4 Å². The maximum atomic E-state index is 13.0. The number of hydrogen-bond acceptors (Lipinski definition) is 5. The van der Waals surface area contributed by atoms with E-state index in [1.807, 2.05) is 17.0 Å². The van der Waals surface area contributed by atoms with E-state index in [0.29, 0.717) is 25.6 Å². The molecule has 0 saturated carbocycles. The van der Waals surface area contributed by atoms with Crippen LogP contribution in [0.25, 0.3) is 6.08 Å². The van der Waals surface area contributed by atoms with Crippen LogP contribution in [0.15, 0.2) is 59.2 Å². The predicted octanol–water partition coefficient (Wildman–Crippen LogP) is 3.04. The number of halogens is 1. The number of anilines is 1. The van der Waals surface area contributed by atoms with Crippen LogP contribution < -0.4 is 4.90 Å². The molecule has 0 radical (unpaired) electrons. The van der Waals surface area contributed by atoms with E-state index in [1.165, 1.54) is 15.5 Å². The Bertz CT molecular complexity index is 1050. The van der Waals surface area contributed by atoms with E-state index in [1.54, 1.807) is 42.7 Å². The number of rotatable bonds is 6. The Balaban J connectivity index is 1.31. The minimum absolute atomic E-state index is 0.110. The first kappa shape index (κ1) is 22.8. The Hall–Kier alpha value is -2.42. The van der Waals surface area contributed by atoms with Crippen molar-refractivity contribution in [3.63, 3.8) is 0 Å². The van der Waals surface area contributed by atoms with Crippen LogP contribution in [-0.4, -0.2) is 67.8 Å². The number of pyridine rings is 1. The predicted molar refractivity (Wildman–Crippen MR) is 126 cm³/mol. The van der Waals surface area contributed by atoms with Gasteiger partial charge in [0.25, 0.3) is 0 Å². The van der Waals surface area contributed by atoms with E-state index in [4.69, 9.17) is 11.6 Å². The van der Waals surface area contributed by atoms with Gasteiger partial charge < -0.3 is 9.80 Å². The first-order valence-electron chi connectivity index (χ1n) is 10.8. The molecule has 0 atom stereocenters. The molecule has 4 rings (SSSR count). The summed E-state index contributed by atoms with van der Waals surface area (Å²) in [4.78, 5) is 21.2. The fraction of sp³-hybridized carbons (Fsp3) is 0.391. The topological polar surface area (TPSA) is 73.8 Å². The summed E-state index contributed by atoms with van der Waals surface area (Å²) in [5, 5.41) is 0. The van der Waals surface area contributed by atoms with Gasteiger partial charge in [-0.05, 0) is 54.7 Å². The molecule has 2 fully saturated rings. The van der Waals surface area contributed by atoms with Crippen molar-refractivity contribution in [3.8, 4) is 0 Å². The summed E-state index contributed by atoms with van der Waals surface area (Å²) in [7, 11) is -3.70. The number of benzene rings is 1. The van der Waals surface area contributed by atoms with Crippen LogP contribution in [0.3, 0.4) is 0 Å². The Morgan fingerprint density at radius 2 is 1.69 bits per heavy atom. The average Bonchev–Trinajstić information content (AvgIpc) is 2.82. The van der Waals surface area contributed by atoms with E-state index >= 15 is 0 Å². The van der Waals surface area contributed by atoms with Gasteiger partial charge in [0, 0.05) is 56.3 Å². The molecule has 7 nitrogen and oxygen atoms in total. The van der Waals surface area contributed by atoms with Gasteiger partial charge in [0.15, 0.2) is 0 Å². The number of carbonyl (C=O) groups excluding carboxylic acids is 1. The van der Waals surface area contributed by atoms with Crippen molar-refractivity contribution in [2.45, 2.75) is 17.7 Å². The zero-order valence-corrected chi connectivity index (χ0v) is 19.4. The number of nitrogens with zero attached hydrogens (tertiary/aromatic N) is 4.